The standard InChI is InChI=1S/C15H19NO3/c1-17-7-8-19-11-13-3-2-4-15(9-13)16-10-14-5-6-18-12-14/h2-6,9,12,16H,7-8,10-11H2,1H3. The van der Waals surface area contributed by atoms with Gasteiger partial charge in [0.05, 0.1) is 32.3 Å². The van der Waals surface area contributed by atoms with Crippen LogP contribution in [-0.4, -0.2) is 20.3 Å². The van der Waals surface area contributed by atoms with Crippen molar-refractivity contribution >= 4 is 5.69 Å². The van der Waals surface area contributed by atoms with Crippen molar-refractivity contribution in [3.05, 3.63) is 54.0 Å². The van der Waals surface area contributed by atoms with Crippen molar-refractivity contribution in [2.75, 3.05) is 25.6 Å². The van der Waals surface area contributed by atoms with Crippen molar-refractivity contribution in [1.82, 2.24) is 0 Å². The number of ether oxygens (including phenoxy) is 2. The van der Waals surface area contributed by atoms with Crippen molar-refractivity contribution in [3.63, 3.8) is 0 Å². The van der Waals surface area contributed by atoms with Gasteiger partial charge in [0.1, 0.15) is 0 Å². The smallest absolute Gasteiger partial charge is 0.0952 e. The van der Waals surface area contributed by atoms with E-state index in [4.69, 9.17) is 13.9 Å². The molecule has 0 saturated heterocycles. The minimum Gasteiger partial charge on any atom is -0.472 e. The Labute approximate surface area is 113 Å². The predicted octanol–water partition coefficient (Wildman–Crippen LogP) is 3.05. The second kappa shape index (κ2) is 7.61. The molecule has 19 heavy (non-hydrogen) atoms. The van der Waals surface area contributed by atoms with Crippen LogP contribution < -0.4 is 5.32 Å². The quantitative estimate of drug-likeness (QED) is 0.742. The number of anilines is 1. The molecule has 1 N–H and O–H groups in total. The first-order valence-electron chi connectivity index (χ1n) is 6.29. The van der Waals surface area contributed by atoms with Crippen molar-refractivity contribution < 1.29 is 13.9 Å². The molecule has 1 aromatic heterocycles. The van der Waals surface area contributed by atoms with E-state index in [1.165, 1.54) is 0 Å². The summed E-state index contributed by atoms with van der Waals surface area (Å²) >= 11 is 0. The van der Waals surface area contributed by atoms with E-state index in [2.05, 4.69) is 17.4 Å². The van der Waals surface area contributed by atoms with Gasteiger partial charge in [-0.15, -0.1) is 0 Å². The van der Waals surface area contributed by atoms with Crippen molar-refractivity contribution in [3.8, 4) is 0 Å². The van der Waals surface area contributed by atoms with Crippen molar-refractivity contribution in [2.45, 2.75) is 13.2 Å². The molecule has 0 aliphatic rings. The van der Waals surface area contributed by atoms with Gasteiger partial charge in [0, 0.05) is 24.9 Å². The number of rotatable bonds is 8. The van der Waals surface area contributed by atoms with Crippen molar-refractivity contribution in [2.24, 2.45) is 0 Å². The van der Waals surface area contributed by atoms with Gasteiger partial charge in [-0.05, 0) is 23.8 Å². The van der Waals surface area contributed by atoms with Gasteiger partial charge in [0.25, 0.3) is 0 Å². The number of methoxy groups -OCH3 is 1. The van der Waals surface area contributed by atoms with E-state index in [-0.39, 0.29) is 0 Å². The normalized spacial score (nSPS) is 10.6. The number of furan rings is 1. The SMILES string of the molecule is COCCOCc1cccc(NCc2ccoc2)c1. The van der Waals surface area contributed by atoms with Gasteiger partial charge >= 0.3 is 0 Å². The third-order valence-corrected chi connectivity index (χ3v) is 2.70. The Bertz CT molecular complexity index is 468. The first kappa shape index (κ1) is 13.6. The Morgan fingerprint density at radius 3 is 2.89 bits per heavy atom. The number of nitrogens with one attached hydrogen (secondary N) is 1. The molecule has 0 bridgehead atoms. The van der Waals surface area contributed by atoms with Crippen molar-refractivity contribution in [1.29, 1.82) is 0 Å². The molecule has 1 heterocycles. The molecule has 2 aromatic rings. The molecule has 0 amide bonds. The summed E-state index contributed by atoms with van der Waals surface area (Å²) in [7, 11) is 1.67. The van der Waals surface area contributed by atoms with Gasteiger partial charge in [0.2, 0.25) is 0 Å². The van der Waals surface area contributed by atoms with Gasteiger partial charge in [-0.2, -0.15) is 0 Å². The van der Waals surface area contributed by atoms with Gasteiger partial charge in [-0.25, -0.2) is 0 Å². The average Bonchev–Trinajstić information content (AvgIpc) is 2.95. The van der Waals surface area contributed by atoms with E-state index >= 15 is 0 Å². The van der Waals surface area contributed by atoms with Crippen LogP contribution in [0.25, 0.3) is 0 Å². The zero-order valence-electron chi connectivity index (χ0n) is 11.1. The second-order valence-corrected chi connectivity index (χ2v) is 4.23. The summed E-state index contributed by atoms with van der Waals surface area (Å²) < 4.78 is 15.5. The molecule has 4 nitrogen and oxygen atoms in total. The van der Waals surface area contributed by atoms with Crippen LogP contribution in [0.4, 0.5) is 5.69 Å². The highest BCUT2D eigenvalue weighted by Crippen LogP contribution is 2.13. The van der Waals surface area contributed by atoms with Crippen LogP contribution in [-0.2, 0) is 22.6 Å². The van der Waals surface area contributed by atoms with Crippen LogP contribution >= 0.6 is 0 Å². The van der Waals surface area contributed by atoms with E-state index in [0.29, 0.717) is 19.8 Å². The van der Waals surface area contributed by atoms with Crippen LogP contribution in [0.5, 0.6) is 0 Å². The molecule has 1 aromatic carbocycles. The maximum Gasteiger partial charge on any atom is 0.0952 e. The van der Waals surface area contributed by atoms with Gasteiger partial charge in [-0.3, -0.25) is 0 Å². The molecule has 2 rings (SSSR count). The molecule has 0 saturated carbocycles. The molecular formula is C15H19NO3. The van der Waals surface area contributed by atoms with Gasteiger partial charge < -0.3 is 19.2 Å². The van der Waals surface area contributed by atoms with E-state index in [1.54, 1.807) is 19.6 Å². The maximum atomic E-state index is 5.50. The van der Waals surface area contributed by atoms with E-state index in [0.717, 1.165) is 23.4 Å². The lowest BCUT2D eigenvalue weighted by atomic mass is 10.2. The Morgan fingerprint density at radius 1 is 1.16 bits per heavy atom. The maximum absolute atomic E-state index is 5.50. The lowest BCUT2D eigenvalue weighted by molar-refractivity contribution is 0.0617. The first-order valence-corrected chi connectivity index (χ1v) is 6.29. The summed E-state index contributed by atoms with van der Waals surface area (Å²) in [6.45, 7) is 2.59. The molecule has 0 fully saturated rings. The fourth-order valence-corrected chi connectivity index (χ4v) is 1.70. The lowest BCUT2D eigenvalue weighted by Gasteiger charge is -2.08. The highest BCUT2D eigenvalue weighted by molar-refractivity contribution is 5.45. The first-order chi connectivity index (χ1) is 9.38. The minimum absolute atomic E-state index is 0.602. The molecule has 102 valence electrons. The molecule has 0 aliphatic heterocycles. The molecular weight excluding hydrogens is 242 g/mol. The number of hydrogen-bond donors (Lipinski definition) is 1. The van der Waals surface area contributed by atoms with Gasteiger partial charge in [0.15, 0.2) is 0 Å². The minimum atomic E-state index is 0.602. The highest BCUT2D eigenvalue weighted by atomic mass is 16.5. The van der Waals surface area contributed by atoms with Crippen LogP contribution in [0, 0.1) is 0 Å². The molecule has 0 aliphatic carbocycles. The molecule has 0 unspecified atom stereocenters. The third-order valence-electron chi connectivity index (χ3n) is 2.70. The highest BCUT2D eigenvalue weighted by Gasteiger charge is 1.98. The van der Waals surface area contributed by atoms with Crippen LogP contribution in [0.3, 0.4) is 0 Å². The second-order valence-electron chi connectivity index (χ2n) is 4.23. The van der Waals surface area contributed by atoms with Crippen LogP contribution in [0.2, 0.25) is 0 Å². The lowest BCUT2D eigenvalue weighted by Crippen LogP contribution is -2.02. The number of benzene rings is 1. The molecule has 4 heteroatoms. The Hall–Kier alpha value is -1.78. The van der Waals surface area contributed by atoms with E-state index < -0.39 is 0 Å². The van der Waals surface area contributed by atoms with Crippen LogP contribution in [0.1, 0.15) is 11.1 Å². The third kappa shape index (κ3) is 4.77. The summed E-state index contributed by atoms with van der Waals surface area (Å²) in [5.41, 5.74) is 3.35. The summed E-state index contributed by atoms with van der Waals surface area (Å²) in [6.07, 6.45) is 3.42. The predicted molar refractivity (Wildman–Crippen MR) is 74.0 cm³/mol. The summed E-state index contributed by atoms with van der Waals surface area (Å²) in [6, 6.07) is 10.2. The zero-order chi connectivity index (χ0) is 13.3. The average molecular weight is 261 g/mol. The Kier molecular flexibility index (Phi) is 5.47. The zero-order valence-corrected chi connectivity index (χ0v) is 11.1. The Balaban J connectivity index is 1.81. The fraction of sp³-hybridized carbons (Fsp3) is 0.333. The molecule has 0 atom stereocenters. The van der Waals surface area contributed by atoms with Gasteiger partial charge in [-0.1, -0.05) is 12.1 Å². The Morgan fingerprint density at radius 2 is 2.11 bits per heavy atom. The summed E-state index contributed by atoms with van der Waals surface area (Å²) in [5, 5.41) is 3.35. The molecule has 0 radical (unpaired) electrons. The number of hydrogen-bond acceptors (Lipinski definition) is 4. The van der Waals surface area contributed by atoms with E-state index in [1.807, 2.05) is 18.2 Å². The summed E-state index contributed by atoms with van der Waals surface area (Å²) in [4.78, 5) is 0. The largest absolute Gasteiger partial charge is 0.472 e. The summed E-state index contributed by atoms with van der Waals surface area (Å²) in [5.74, 6) is 0. The monoisotopic (exact) mass is 261 g/mol. The molecule has 0 spiro atoms. The van der Waals surface area contributed by atoms with Crippen LogP contribution in [0.15, 0.2) is 47.3 Å². The topological polar surface area (TPSA) is 43.6 Å². The fourth-order valence-electron chi connectivity index (χ4n) is 1.70. The van der Waals surface area contributed by atoms with E-state index in [9.17, 15) is 0 Å².